The number of nitrogens with zero attached hydrogens (tertiary/aromatic N) is 1. The number of hydrogen-bond donors (Lipinski definition) is 1. The Morgan fingerprint density at radius 1 is 1.32 bits per heavy atom. The molecule has 0 bridgehead atoms. The number of carbonyl (C=O) groups excluding carboxylic acids is 1. The molecule has 104 valence electrons. The molecule has 0 aliphatic heterocycles. The van der Waals surface area contributed by atoms with Crippen molar-refractivity contribution >= 4 is 11.6 Å². The zero-order chi connectivity index (χ0) is 13.8. The van der Waals surface area contributed by atoms with Gasteiger partial charge in [0.25, 0.3) is 5.91 Å². The summed E-state index contributed by atoms with van der Waals surface area (Å²) in [6.07, 6.45) is 4.79. The first-order valence-electron chi connectivity index (χ1n) is 7.17. The fourth-order valence-corrected chi connectivity index (χ4v) is 3.00. The Balaban J connectivity index is 2.14. The lowest BCUT2D eigenvalue weighted by molar-refractivity contribution is 0.0673. The summed E-state index contributed by atoms with van der Waals surface area (Å²) in [5, 5.41) is 3.10. The van der Waals surface area contributed by atoms with Crippen molar-refractivity contribution in [3.63, 3.8) is 0 Å². The summed E-state index contributed by atoms with van der Waals surface area (Å²) in [6, 6.07) is 8.11. The molecule has 1 fully saturated rings. The number of anilines is 1. The van der Waals surface area contributed by atoms with E-state index in [-0.39, 0.29) is 5.91 Å². The molecule has 1 aromatic rings. The van der Waals surface area contributed by atoms with Crippen molar-refractivity contribution in [2.45, 2.75) is 38.6 Å². The van der Waals surface area contributed by atoms with Crippen LogP contribution in [0.25, 0.3) is 0 Å². The van der Waals surface area contributed by atoms with Crippen LogP contribution in [-0.4, -0.2) is 30.9 Å². The van der Waals surface area contributed by atoms with Crippen LogP contribution >= 0.6 is 0 Å². The van der Waals surface area contributed by atoms with Crippen LogP contribution < -0.4 is 5.32 Å². The number of para-hydroxylation sites is 1. The van der Waals surface area contributed by atoms with E-state index in [1.54, 1.807) is 0 Å². The van der Waals surface area contributed by atoms with Crippen molar-refractivity contribution in [3.05, 3.63) is 29.8 Å². The summed E-state index contributed by atoms with van der Waals surface area (Å²) in [5.74, 6) is 0.859. The van der Waals surface area contributed by atoms with Crippen LogP contribution in [0.2, 0.25) is 0 Å². The number of nitrogens with one attached hydrogen (secondary N) is 1. The van der Waals surface area contributed by atoms with Gasteiger partial charge in [-0.3, -0.25) is 4.79 Å². The van der Waals surface area contributed by atoms with Crippen molar-refractivity contribution in [3.8, 4) is 0 Å². The maximum Gasteiger partial charge on any atom is 0.255 e. The van der Waals surface area contributed by atoms with Crippen molar-refractivity contribution in [2.75, 3.05) is 19.4 Å². The molecule has 3 nitrogen and oxygen atoms in total. The second-order valence-electron chi connectivity index (χ2n) is 5.64. The molecule has 0 heterocycles. The highest BCUT2D eigenvalue weighted by molar-refractivity contribution is 5.99. The van der Waals surface area contributed by atoms with Crippen LogP contribution in [0.5, 0.6) is 0 Å². The molecule has 2 atom stereocenters. The SMILES string of the molecule is CNc1ccccc1C(=O)N(C)C1CCCC(C)C1. The molecule has 0 aromatic heterocycles. The monoisotopic (exact) mass is 260 g/mol. The number of hydrogen-bond acceptors (Lipinski definition) is 2. The Bertz CT molecular complexity index is 444. The summed E-state index contributed by atoms with van der Waals surface area (Å²) in [6.45, 7) is 2.28. The quantitative estimate of drug-likeness (QED) is 0.903. The van der Waals surface area contributed by atoms with Gasteiger partial charge >= 0.3 is 0 Å². The molecular weight excluding hydrogens is 236 g/mol. The van der Waals surface area contributed by atoms with E-state index in [4.69, 9.17) is 0 Å². The predicted octanol–water partition coefficient (Wildman–Crippen LogP) is 3.38. The summed E-state index contributed by atoms with van der Waals surface area (Å²) in [7, 11) is 3.80. The number of benzene rings is 1. The first-order valence-corrected chi connectivity index (χ1v) is 7.17. The van der Waals surface area contributed by atoms with E-state index in [0.717, 1.165) is 30.0 Å². The highest BCUT2D eigenvalue weighted by Gasteiger charge is 2.26. The van der Waals surface area contributed by atoms with Crippen LogP contribution in [0.4, 0.5) is 5.69 Å². The fourth-order valence-electron chi connectivity index (χ4n) is 3.00. The Morgan fingerprint density at radius 3 is 2.74 bits per heavy atom. The van der Waals surface area contributed by atoms with Crippen LogP contribution in [0.15, 0.2) is 24.3 Å². The van der Waals surface area contributed by atoms with Crippen molar-refractivity contribution in [1.82, 2.24) is 4.90 Å². The topological polar surface area (TPSA) is 32.3 Å². The second kappa shape index (κ2) is 6.09. The molecule has 2 rings (SSSR count). The van der Waals surface area contributed by atoms with Gasteiger partial charge in [-0.25, -0.2) is 0 Å². The fraction of sp³-hybridized carbons (Fsp3) is 0.562. The highest BCUT2D eigenvalue weighted by atomic mass is 16.2. The van der Waals surface area contributed by atoms with Crippen molar-refractivity contribution in [2.24, 2.45) is 5.92 Å². The first-order chi connectivity index (χ1) is 9.13. The number of carbonyl (C=O) groups is 1. The summed E-state index contributed by atoms with van der Waals surface area (Å²) >= 11 is 0. The van der Waals surface area contributed by atoms with E-state index in [1.807, 2.05) is 43.3 Å². The van der Waals surface area contributed by atoms with Gasteiger partial charge in [0.15, 0.2) is 0 Å². The zero-order valence-electron chi connectivity index (χ0n) is 12.1. The average molecular weight is 260 g/mol. The minimum Gasteiger partial charge on any atom is -0.387 e. The lowest BCUT2D eigenvalue weighted by atomic mass is 9.86. The maximum absolute atomic E-state index is 12.6. The molecular formula is C16H24N2O. The second-order valence-corrected chi connectivity index (χ2v) is 5.64. The van der Waals surface area contributed by atoms with Gasteiger partial charge in [0, 0.05) is 25.8 Å². The third-order valence-corrected chi connectivity index (χ3v) is 4.20. The van der Waals surface area contributed by atoms with Gasteiger partial charge in [0.2, 0.25) is 0 Å². The van der Waals surface area contributed by atoms with E-state index in [2.05, 4.69) is 12.2 Å². The van der Waals surface area contributed by atoms with Crippen molar-refractivity contribution in [1.29, 1.82) is 0 Å². The molecule has 0 spiro atoms. The lowest BCUT2D eigenvalue weighted by Crippen LogP contribution is -2.40. The van der Waals surface area contributed by atoms with E-state index in [9.17, 15) is 4.79 Å². The molecule has 1 amide bonds. The Morgan fingerprint density at radius 2 is 2.05 bits per heavy atom. The van der Waals surface area contributed by atoms with Crippen molar-refractivity contribution < 1.29 is 4.79 Å². The standard InChI is InChI=1S/C16H24N2O/c1-12-7-6-8-13(11-12)18(3)16(19)14-9-4-5-10-15(14)17-2/h4-5,9-10,12-13,17H,6-8,11H2,1-3H3. The van der Waals surface area contributed by atoms with Gasteiger partial charge in [0.1, 0.15) is 0 Å². The van der Waals surface area contributed by atoms with Gasteiger partial charge in [-0.15, -0.1) is 0 Å². The van der Waals surface area contributed by atoms with E-state index >= 15 is 0 Å². The Kier molecular flexibility index (Phi) is 4.46. The van der Waals surface area contributed by atoms with E-state index in [0.29, 0.717) is 6.04 Å². The Hall–Kier alpha value is -1.51. The summed E-state index contributed by atoms with van der Waals surface area (Å²) in [4.78, 5) is 14.6. The molecule has 2 unspecified atom stereocenters. The lowest BCUT2D eigenvalue weighted by Gasteiger charge is -2.34. The molecule has 3 heteroatoms. The minimum atomic E-state index is 0.129. The molecule has 1 aliphatic rings. The molecule has 0 saturated heterocycles. The van der Waals surface area contributed by atoms with Gasteiger partial charge in [-0.1, -0.05) is 31.9 Å². The van der Waals surface area contributed by atoms with Crippen LogP contribution in [-0.2, 0) is 0 Å². The van der Waals surface area contributed by atoms with Gasteiger partial charge in [-0.2, -0.15) is 0 Å². The molecule has 1 saturated carbocycles. The Labute approximate surface area is 116 Å². The third-order valence-electron chi connectivity index (χ3n) is 4.20. The molecule has 1 aromatic carbocycles. The van der Waals surface area contributed by atoms with Crippen LogP contribution in [0.3, 0.4) is 0 Å². The third kappa shape index (κ3) is 3.09. The summed E-state index contributed by atoms with van der Waals surface area (Å²) in [5.41, 5.74) is 1.67. The summed E-state index contributed by atoms with van der Waals surface area (Å²) < 4.78 is 0. The van der Waals surface area contributed by atoms with Crippen LogP contribution in [0, 0.1) is 5.92 Å². The average Bonchev–Trinajstić information content (AvgIpc) is 2.45. The van der Waals surface area contributed by atoms with Crippen LogP contribution in [0.1, 0.15) is 43.0 Å². The highest BCUT2D eigenvalue weighted by Crippen LogP contribution is 2.28. The maximum atomic E-state index is 12.6. The number of rotatable bonds is 3. The van der Waals surface area contributed by atoms with Gasteiger partial charge < -0.3 is 10.2 Å². The minimum absolute atomic E-state index is 0.129. The molecule has 0 radical (unpaired) electrons. The smallest absolute Gasteiger partial charge is 0.255 e. The number of amides is 1. The largest absolute Gasteiger partial charge is 0.387 e. The van der Waals surface area contributed by atoms with E-state index < -0.39 is 0 Å². The first kappa shape index (κ1) is 13.9. The van der Waals surface area contributed by atoms with E-state index in [1.165, 1.54) is 12.8 Å². The normalized spacial score (nSPS) is 22.9. The molecule has 19 heavy (non-hydrogen) atoms. The molecule has 1 N–H and O–H groups in total. The van der Waals surface area contributed by atoms with Gasteiger partial charge in [-0.05, 0) is 30.9 Å². The van der Waals surface area contributed by atoms with Gasteiger partial charge in [0.05, 0.1) is 5.56 Å². The zero-order valence-corrected chi connectivity index (χ0v) is 12.1. The molecule has 1 aliphatic carbocycles. The predicted molar refractivity (Wildman–Crippen MR) is 79.5 cm³/mol.